The summed E-state index contributed by atoms with van der Waals surface area (Å²) in [6, 6.07) is 1.79. The van der Waals surface area contributed by atoms with Crippen LogP contribution in [-0.4, -0.2) is 36.5 Å². The number of nitrogens with one attached hydrogen (secondary N) is 2. The van der Waals surface area contributed by atoms with Gasteiger partial charge in [-0.25, -0.2) is 8.42 Å². The molecule has 2 N–H and O–H groups in total. The number of rotatable bonds is 4. The van der Waals surface area contributed by atoms with Crippen molar-refractivity contribution in [2.45, 2.75) is 25.8 Å². The Morgan fingerprint density at radius 2 is 2.41 bits per heavy atom. The predicted molar refractivity (Wildman–Crippen MR) is 66.4 cm³/mol. The van der Waals surface area contributed by atoms with Crippen LogP contribution in [0.15, 0.2) is 6.07 Å². The van der Waals surface area contributed by atoms with Crippen LogP contribution in [0.4, 0.5) is 5.82 Å². The van der Waals surface area contributed by atoms with Gasteiger partial charge in [0, 0.05) is 19.2 Å². The maximum atomic E-state index is 11.9. The molecule has 6 nitrogen and oxygen atoms in total. The third kappa shape index (κ3) is 3.19. The van der Waals surface area contributed by atoms with E-state index in [1.165, 1.54) is 4.68 Å². The Morgan fingerprint density at radius 3 is 2.94 bits per heavy atom. The van der Waals surface area contributed by atoms with Gasteiger partial charge in [-0.15, -0.1) is 0 Å². The Morgan fingerprint density at radius 1 is 1.65 bits per heavy atom. The lowest BCUT2D eigenvalue weighted by Gasteiger charge is -2.12. The number of hydrogen-bond acceptors (Lipinski definition) is 4. The molecule has 0 amide bonds. The molecule has 96 valence electrons. The van der Waals surface area contributed by atoms with E-state index in [-0.39, 0.29) is 11.8 Å². The summed E-state index contributed by atoms with van der Waals surface area (Å²) in [5.74, 6) is 0.637. The Bertz CT molecular complexity index is 488. The summed E-state index contributed by atoms with van der Waals surface area (Å²) in [6.07, 6.45) is 1.97. The smallest absolute Gasteiger partial charge is 0.235 e. The molecular formula is C10H18N4O2S. The Hall–Kier alpha value is -1.08. The highest BCUT2D eigenvalue weighted by Crippen LogP contribution is 2.13. The summed E-state index contributed by atoms with van der Waals surface area (Å²) < 4.78 is 28.0. The van der Waals surface area contributed by atoms with E-state index in [2.05, 4.69) is 15.1 Å². The molecule has 0 spiro atoms. The van der Waals surface area contributed by atoms with Gasteiger partial charge in [0.1, 0.15) is 5.82 Å². The minimum absolute atomic E-state index is 0.0711. The van der Waals surface area contributed by atoms with Crippen molar-refractivity contribution in [3.8, 4) is 0 Å². The number of aryl methyl sites for hydroxylation is 2. The van der Waals surface area contributed by atoms with Crippen LogP contribution in [0.25, 0.3) is 0 Å². The van der Waals surface area contributed by atoms with Gasteiger partial charge in [0.05, 0.1) is 11.4 Å². The Kier molecular flexibility index (Phi) is 3.39. The van der Waals surface area contributed by atoms with E-state index >= 15 is 0 Å². The fraction of sp³-hybridized carbons (Fsp3) is 0.700. The lowest BCUT2D eigenvalue weighted by atomic mass is 10.3. The molecule has 1 atom stereocenters. The second kappa shape index (κ2) is 4.66. The van der Waals surface area contributed by atoms with Crippen LogP contribution >= 0.6 is 0 Å². The van der Waals surface area contributed by atoms with Crippen molar-refractivity contribution >= 4 is 15.8 Å². The number of nitrogens with zero attached hydrogens (tertiary/aromatic N) is 2. The summed E-state index contributed by atoms with van der Waals surface area (Å²) in [5, 5.41) is 7.28. The molecule has 1 aliphatic rings. The first kappa shape index (κ1) is 12.4. The van der Waals surface area contributed by atoms with Crippen LogP contribution in [0.1, 0.15) is 18.5 Å². The first-order chi connectivity index (χ1) is 7.96. The molecule has 1 unspecified atom stereocenters. The number of hydrogen-bond donors (Lipinski definition) is 2. The van der Waals surface area contributed by atoms with Gasteiger partial charge in [0.15, 0.2) is 0 Å². The van der Waals surface area contributed by atoms with E-state index in [1.54, 1.807) is 13.1 Å². The van der Waals surface area contributed by atoms with Crippen LogP contribution in [0.3, 0.4) is 0 Å². The zero-order chi connectivity index (χ0) is 12.5. The molecule has 1 fully saturated rings. The van der Waals surface area contributed by atoms with E-state index in [0.29, 0.717) is 5.82 Å². The molecular weight excluding hydrogens is 240 g/mol. The molecule has 1 aromatic rings. The molecule has 0 aliphatic carbocycles. The van der Waals surface area contributed by atoms with Gasteiger partial charge in [-0.1, -0.05) is 0 Å². The molecule has 1 aliphatic heterocycles. The summed E-state index contributed by atoms with van der Waals surface area (Å²) in [7, 11) is -1.58. The van der Waals surface area contributed by atoms with Gasteiger partial charge in [-0.05, 0) is 26.3 Å². The highest BCUT2D eigenvalue weighted by atomic mass is 32.2. The van der Waals surface area contributed by atoms with Gasteiger partial charge >= 0.3 is 0 Å². The molecule has 0 aromatic carbocycles. The molecule has 17 heavy (non-hydrogen) atoms. The number of sulfonamides is 1. The second-order valence-corrected chi connectivity index (χ2v) is 6.24. The molecule has 1 saturated heterocycles. The Balaban J connectivity index is 2.03. The first-order valence-electron chi connectivity index (χ1n) is 5.71. The van der Waals surface area contributed by atoms with E-state index < -0.39 is 10.0 Å². The van der Waals surface area contributed by atoms with Gasteiger partial charge in [-0.2, -0.15) is 5.10 Å². The zero-order valence-corrected chi connectivity index (χ0v) is 10.9. The third-order valence-corrected chi connectivity index (χ3v) is 4.21. The molecule has 0 bridgehead atoms. The fourth-order valence-electron chi connectivity index (χ4n) is 2.07. The normalized spacial score (nSPS) is 20.7. The summed E-state index contributed by atoms with van der Waals surface area (Å²) >= 11 is 0. The number of anilines is 1. The van der Waals surface area contributed by atoms with Gasteiger partial charge in [-0.3, -0.25) is 9.40 Å². The molecule has 0 radical (unpaired) electrons. The average molecular weight is 258 g/mol. The summed E-state index contributed by atoms with van der Waals surface area (Å²) in [5.41, 5.74) is 0.796. The van der Waals surface area contributed by atoms with Crippen molar-refractivity contribution in [2.75, 3.05) is 17.0 Å². The maximum absolute atomic E-state index is 11.9. The first-order valence-corrected chi connectivity index (χ1v) is 7.36. The predicted octanol–water partition coefficient (Wildman–Crippen LogP) is 0.222. The van der Waals surface area contributed by atoms with Crippen LogP contribution in [0.2, 0.25) is 0 Å². The SMILES string of the molecule is Cc1cc(NS(=O)(=O)CC2CCCN2)n(C)n1. The van der Waals surface area contributed by atoms with Crippen molar-refractivity contribution in [1.29, 1.82) is 0 Å². The topological polar surface area (TPSA) is 76.0 Å². The fourth-order valence-corrected chi connectivity index (χ4v) is 3.48. The molecule has 0 saturated carbocycles. The van der Waals surface area contributed by atoms with Crippen molar-refractivity contribution < 1.29 is 8.42 Å². The second-order valence-electron chi connectivity index (χ2n) is 4.47. The monoisotopic (exact) mass is 258 g/mol. The lowest BCUT2D eigenvalue weighted by Crippen LogP contribution is -2.33. The molecule has 1 aromatic heterocycles. The quantitative estimate of drug-likeness (QED) is 0.810. The van der Waals surface area contributed by atoms with Crippen LogP contribution in [0.5, 0.6) is 0 Å². The lowest BCUT2D eigenvalue weighted by molar-refractivity contribution is 0.581. The van der Waals surface area contributed by atoms with Gasteiger partial charge in [0.2, 0.25) is 10.0 Å². The minimum atomic E-state index is -3.30. The highest BCUT2D eigenvalue weighted by Gasteiger charge is 2.22. The van der Waals surface area contributed by atoms with E-state index in [4.69, 9.17) is 0 Å². The third-order valence-electron chi connectivity index (χ3n) is 2.85. The standard InChI is InChI=1S/C10H18N4O2S/c1-8-6-10(14(2)12-8)13-17(15,16)7-9-4-3-5-11-9/h6,9,11,13H,3-5,7H2,1-2H3. The average Bonchev–Trinajstić information content (AvgIpc) is 2.76. The van der Waals surface area contributed by atoms with Crippen LogP contribution < -0.4 is 10.0 Å². The minimum Gasteiger partial charge on any atom is -0.313 e. The maximum Gasteiger partial charge on any atom is 0.235 e. The molecule has 2 heterocycles. The molecule has 7 heteroatoms. The largest absolute Gasteiger partial charge is 0.313 e. The van der Waals surface area contributed by atoms with E-state index in [1.807, 2.05) is 6.92 Å². The highest BCUT2D eigenvalue weighted by molar-refractivity contribution is 7.92. The van der Waals surface area contributed by atoms with Gasteiger partial charge in [0.25, 0.3) is 0 Å². The molecule has 2 rings (SSSR count). The van der Waals surface area contributed by atoms with Crippen molar-refractivity contribution in [1.82, 2.24) is 15.1 Å². The summed E-state index contributed by atoms with van der Waals surface area (Å²) in [4.78, 5) is 0. The van der Waals surface area contributed by atoms with Gasteiger partial charge < -0.3 is 5.32 Å². The number of aromatic nitrogens is 2. The Labute approximate surface area is 101 Å². The van der Waals surface area contributed by atoms with E-state index in [0.717, 1.165) is 25.1 Å². The van der Waals surface area contributed by atoms with Crippen LogP contribution in [0, 0.1) is 6.92 Å². The van der Waals surface area contributed by atoms with Crippen molar-refractivity contribution in [3.63, 3.8) is 0 Å². The van der Waals surface area contributed by atoms with Crippen molar-refractivity contribution in [2.24, 2.45) is 7.05 Å². The summed E-state index contributed by atoms with van der Waals surface area (Å²) in [6.45, 7) is 2.74. The zero-order valence-electron chi connectivity index (χ0n) is 10.1. The van der Waals surface area contributed by atoms with Crippen LogP contribution in [-0.2, 0) is 17.1 Å². The van der Waals surface area contributed by atoms with Crippen molar-refractivity contribution in [3.05, 3.63) is 11.8 Å². The van der Waals surface area contributed by atoms with E-state index in [9.17, 15) is 8.42 Å².